The summed E-state index contributed by atoms with van der Waals surface area (Å²) in [5.74, 6) is -1.10. The molecule has 0 saturated carbocycles. The maximum Gasteiger partial charge on any atom is 0.274 e. The first kappa shape index (κ1) is 14.9. The third kappa shape index (κ3) is 2.96. The predicted octanol–water partition coefficient (Wildman–Crippen LogP) is 2.71. The zero-order valence-electron chi connectivity index (χ0n) is 12.4. The van der Waals surface area contributed by atoms with Crippen molar-refractivity contribution < 1.29 is 14.3 Å². The molecule has 0 saturated heterocycles. The fourth-order valence-electron chi connectivity index (χ4n) is 2.31. The second-order valence-electron chi connectivity index (χ2n) is 5.10. The van der Waals surface area contributed by atoms with Crippen molar-refractivity contribution in [3.63, 3.8) is 0 Å². The molecular formula is C17H14FN3O2. The molecule has 3 aromatic rings. The van der Waals surface area contributed by atoms with Crippen molar-refractivity contribution in [1.82, 2.24) is 15.3 Å². The van der Waals surface area contributed by atoms with Crippen LogP contribution in [-0.4, -0.2) is 21.0 Å². The third-order valence-electron chi connectivity index (χ3n) is 3.51. The molecule has 0 radical (unpaired) electrons. The van der Waals surface area contributed by atoms with Gasteiger partial charge < -0.3 is 10.4 Å². The number of aryl methyl sites for hydroxylation is 1. The molecule has 3 rings (SSSR count). The molecule has 0 unspecified atom stereocenters. The molecule has 0 aliphatic carbocycles. The average Bonchev–Trinajstić information content (AvgIpc) is 2.57. The number of hydrogen-bond acceptors (Lipinski definition) is 4. The van der Waals surface area contributed by atoms with E-state index in [1.165, 1.54) is 12.1 Å². The number of fused-ring (bicyclic) bond motifs is 1. The molecule has 0 bridgehead atoms. The minimum Gasteiger partial charge on any atom is -0.504 e. The van der Waals surface area contributed by atoms with Crippen LogP contribution in [0.4, 0.5) is 4.39 Å². The van der Waals surface area contributed by atoms with Crippen LogP contribution in [0.2, 0.25) is 0 Å². The molecule has 116 valence electrons. The number of benzene rings is 1. The van der Waals surface area contributed by atoms with Gasteiger partial charge in [-0.05, 0) is 36.8 Å². The summed E-state index contributed by atoms with van der Waals surface area (Å²) in [5.41, 5.74) is 1.62. The van der Waals surface area contributed by atoms with Crippen LogP contribution in [0, 0.1) is 12.7 Å². The van der Waals surface area contributed by atoms with Gasteiger partial charge in [0.05, 0.1) is 0 Å². The Bertz CT molecular complexity index is 879. The summed E-state index contributed by atoms with van der Waals surface area (Å²) in [5, 5.41) is 13.6. The molecule has 2 N–H and O–H groups in total. The smallest absolute Gasteiger partial charge is 0.274 e. The molecule has 2 aromatic heterocycles. The van der Waals surface area contributed by atoms with Gasteiger partial charge in [-0.25, -0.2) is 9.37 Å². The van der Waals surface area contributed by atoms with E-state index in [1.54, 1.807) is 37.4 Å². The van der Waals surface area contributed by atoms with Gasteiger partial charge in [0.2, 0.25) is 0 Å². The van der Waals surface area contributed by atoms with Gasteiger partial charge in [-0.1, -0.05) is 12.1 Å². The normalized spacial score (nSPS) is 10.7. The summed E-state index contributed by atoms with van der Waals surface area (Å²) in [7, 11) is 0. The molecule has 1 amide bonds. The van der Waals surface area contributed by atoms with Crippen molar-refractivity contribution in [3.8, 4) is 5.75 Å². The summed E-state index contributed by atoms with van der Waals surface area (Å²) < 4.78 is 12.9. The molecule has 2 heterocycles. The van der Waals surface area contributed by atoms with E-state index in [4.69, 9.17) is 0 Å². The molecule has 1 aromatic carbocycles. The van der Waals surface area contributed by atoms with Crippen LogP contribution < -0.4 is 5.32 Å². The molecular weight excluding hydrogens is 297 g/mol. The van der Waals surface area contributed by atoms with Crippen LogP contribution in [0.1, 0.15) is 21.7 Å². The second-order valence-corrected chi connectivity index (χ2v) is 5.10. The van der Waals surface area contributed by atoms with Crippen molar-refractivity contribution in [2.45, 2.75) is 13.5 Å². The fourth-order valence-corrected chi connectivity index (χ4v) is 2.31. The molecule has 0 atom stereocenters. The quantitative estimate of drug-likeness (QED) is 0.780. The first-order valence-electron chi connectivity index (χ1n) is 7.03. The monoisotopic (exact) mass is 311 g/mol. The number of halogens is 1. The molecule has 0 fully saturated rings. The molecule has 0 spiro atoms. The van der Waals surface area contributed by atoms with Crippen LogP contribution in [0.3, 0.4) is 0 Å². The maximum atomic E-state index is 12.9. The second kappa shape index (κ2) is 6.00. The van der Waals surface area contributed by atoms with Crippen LogP contribution in [0.5, 0.6) is 5.75 Å². The van der Waals surface area contributed by atoms with Gasteiger partial charge in [-0.2, -0.15) is 0 Å². The van der Waals surface area contributed by atoms with E-state index in [2.05, 4.69) is 15.3 Å². The van der Waals surface area contributed by atoms with Crippen LogP contribution in [0.25, 0.3) is 10.9 Å². The highest BCUT2D eigenvalue weighted by atomic mass is 19.1. The van der Waals surface area contributed by atoms with Gasteiger partial charge in [-0.3, -0.25) is 9.78 Å². The Morgan fingerprint density at radius 2 is 2.00 bits per heavy atom. The first-order chi connectivity index (χ1) is 11.1. The number of pyridine rings is 2. The van der Waals surface area contributed by atoms with Crippen LogP contribution in [0.15, 0.2) is 42.6 Å². The molecule has 5 nitrogen and oxygen atoms in total. The zero-order chi connectivity index (χ0) is 16.4. The Labute approximate surface area is 131 Å². The Morgan fingerprint density at radius 3 is 2.74 bits per heavy atom. The van der Waals surface area contributed by atoms with Crippen LogP contribution >= 0.6 is 0 Å². The summed E-state index contributed by atoms with van der Waals surface area (Å²) in [4.78, 5) is 20.5. The highest BCUT2D eigenvalue weighted by Crippen LogP contribution is 2.27. The third-order valence-corrected chi connectivity index (χ3v) is 3.51. The lowest BCUT2D eigenvalue weighted by atomic mass is 10.1. The van der Waals surface area contributed by atoms with E-state index in [0.29, 0.717) is 16.6 Å². The van der Waals surface area contributed by atoms with E-state index in [-0.39, 0.29) is 23.8 Å². The molecule has 23 heavy (non-hydrogen) atoms. The van der Waals surface area contributed by atoms with Gasteiger partial charge >= 0.3 is 0 Å². The standard InChI is InChI=1S/C17H14FN3O2/c1-10-13-3-2-8-19-14(13)16(22)15(21-10)17(23)20-9-11-4-6-12(18)7-5-11/h2-8,22H,9H2,1H3,(H,20,23). The SMILES string of the molecule is Cc1nc(C(=O)NCc2ccc(F)cc2)c(O)c2ncccc12. The van der Waals surface area contributed by atoms with Crippen molar-refractivity contribution in [2.24, 2.45) is 0 Å². The average molecular weight is 311 g/mol. The minimum atomic E-state index is -0.512. The number of hydrogen-bond donors (Lipinski definition) is 2. The number of rotatable bonds is 3. The van der Waals surface area contributed by atoms with Crippen molar-refractivity contribution in [2.75, 3.05) is 0 Å². The maximum absolute atomic E-state index is 12.9. The highest BCUT2D eigenvalue weighted by molar-refractivity contribution is 6.00. The van der Waals surface area contributed by atoms with E-state index in [9.17, 15) is 14.3 Å². The van der Waals surface area contributed by atoms with Crippen molar-refractivity contribution >= 4 is 16.8 Å². The number of carbonyl (C=O) groups excluding carboxylic acids is 1. The number of amides is 1. The van der Waals surface area contributed by atoms with Gasteiger partial charge in [0.25, 0.3) is 5.91 Å². The zero-order valence-corrected chi connectivity index (χ0v) is 12.4. The minimum absolute atomic E-state index is 0.0733. The summed E-state index contributed by atoms with van der Waals surface area (Å²) >= 11 is 0. The first-order valence-corrected chi connectivity index (χ1v) is 7.03. The van der Waals surface area contributed by atoms with E-state index >= 15 is 0 Å². The number of aromatic nitrogens is 2. The number of aromatic hydroxyl groups is 1. The Balaban J connectivity index is 1.86. The molecule has 0 aliphatic rings. The van der Waals surface area contributed by atoms with Gasteiger partial charge in [0, 0.05) is 23.8 Å². The highest BCUT2D eigenvalue weighted by Gasteiger charge is 2.18. The lowest BCUT2D eigenvalue weighted by molar-refractivity contribution is 0.0943. The lowest BCUT2D eigenvalue weighted by Gasteiger charge is -2.10. The Morgan fingerprint density at radius 1 is 1.26 bits per heavy atom. The van der Waals surface area contributed by atoms with Crippen molar-refractivity contribution in [1.29, 1.82) is 0 Å². The summed E-state index contributed by atoms with van der Waals surface area (Å²) in [6.07, 6.45) is 1.54. The molecule has 0 aliphatic heterocycles. The number of nitrogens with zero attached hydrogens (tertiary/aromatic N) is 2. The van der Waals surface area contributed by atoms with Gasteiger partial charge in [0.1, 0.15) is 11.3 Å². The topological polar surface area (TPSA) is 75.1 Å². The van der Waals surface area contributed by atoms with Crippen molar-refractivity contribution in [3.05, 3.63) is 65.4 Å². The fraction of sp³-hybridized carbons (Fsp3) is 0.118. The number of nitrogens with one attached hydrogen (secondary N) is 1. The van der Waals surface area contributed by atoms with Gasteiger partial charge in [0.15, 0.2) is 11.4 Å². The summed E-state index contributed by atoms with van der Waals surface area (Å²) in [6, 6.07) is 9.32. The van der Waals surface area contributed by atoms with Crippen LogP contribution in [-0.2, 0) is 6.54 Å². The Kier molecular flexibility index (Phi) is 3.89. The van der Waals surface area contributed by atoms with E-state index in [0.717, 1.165) is 5.56 Å². The Hall–Kier alpha value is -3.02. The van der Waals surface area contributed by atoms with E-state index in [1.807, 2.05) is 0 Å². The predicted molar refractivity (Wildman–Crippen MR) is 83.5 cm³/mol. The molecule has 6 heteroatoms. The largest absolute Gasteiger partial charge is 0.504 e. The van der Waals surface area contributed by atoms with Gasteiger partial charge in [-0.15, -0.1) is 0 Å². The van der Waals surface area contributed by atoms with E-state index < -0.39 is 5.91 Å². The number of carbonyl (C=O) groups is 1. The summed E-state index contributed by atoms with van der Waals surface area (Å²) in [6.45, 7) is 1.96. The lowest BCUT2D eigenvalue weighted by Crippen LogP contribution is -2.24.